The lowest BCUT2D eigenvalue weighted by Gasteiger charge is -2.04. The van der Waals surface area contributed by atoms with Gasteiger partial charge in [-0.3, -0.25) is 14.4 Å². The van der Waals surface area contributed by atoms with Gasteiger partial charge in [-0.25, -0.2) is 0 Å². The van der Waals surface area contributed by atoms with Crippen LogP contribution in [0.2, 0.25) is 0 Å². The Balaban J connectivity index is 2.25. The second-order valence-corrected chi connectivity index (χ2v) is 5.85. The van der Waals surface area contributed by atoms with Crippen molar-refractivity contribution in [2.24, 2.45) is 0 Å². The predicted molar refractivity (Wildman–Crippen MR) is 88.6 cm³/mol. The quantitative estimate of drug-likeness (QED) is 0.757. The lowest BCUT2D eigenvalue weighted by atomic mass is 10.1. The smallest absolute Gasteiger partial charge is 0.305 e. The van der Waals surface area contributed by atoms with Crippen molar-refractivity contribution < 1.29 is 19.5 Å². The van der Waals surface area contributed by atoms with E-state index in [2.05, 4.69) is 10.6 Å². The first-order valence-corrected chi connectivity index (χ1v) is 7.76. The molecule has 6 nitrogen and oxygen atoms in total. The van der Waals surface area contributed by atoms with Crippen LogP contribution >= 0.6 is 11.3 Å². The first kappa shape index (κ1) is 16.7. The first-order chi connectivity index (χ1) is 11.0. The number of carboxylic acids is 1. The van der Waals surface area contributed by atoms with E-state index in [1.807, 2.05) is 30.3 Å². The van der Waals surface area contributed by atoms with Crippen LogP contribution in [0.15, 0.2) is 36.4 Å². The molecule has 3 N–H and O–H groups in total. The van der Waals surface area contributed by atoms with Gasteiger partial charge in [-0.05, 0) is 11.6 Å². The van der Waals surface area contributed by atoms with Crippen LogP contribution in [0.1, 0.15) is 23.7 Å². The molecule has 0 fully saturated rings. The topological polar surface area (TPSA) is 95.5 Å². The number of benzene rings is 1. The van der Waals surface area contributed by atoms with Crippen molar-refractivity contribution >= 4 is 34.1 Å². The summed E-state index contributed by atoms with van der Waals surface area (Å²) >= 11 is 1.30. The maximum absolute atomic E-state index is 12.2. The minimum Gasteiger partial charge on any atom is -0.481 e. The Morgan fingerprint density at radius 3 is 2.48 bits per heavy atom. The third-order valence-electron chi connectivity index (χ3n) is 2.95. The van der Waals surface area contributed by atoms with E-state index >= 15 is 0 Å². The average Bonchev–Trinajstić information content (AvgIpc) is 2.91. The van der Waals surface area contributed by atoms with E-state index in [0.29, 0.717) is 10.6 Å². The number of carboxylic acid groups (broad SMARTS) is 1. The highest BCUT2D eigenvalue weighted by Crippen LogP contribution is 2.35. The van der Waals surface area contributed by atoms with Gasteiger partial charge in [-0.15, -0.1) is 11.3 Å². The largest absolute Gasteiger partial charge is 0.481 e. The van der Waals surface area contributed by atoms with E-state index in [1.165, 1.54) is 18.3 Å². The number of aliphatic carboxylic acids is 1. The first-order valence-electron chi connectivity index (χ1n) is 6.94. The van der Waals surface area contributed by atoms with Gasteiger partial charge >= 0.3 is 5.97 Å². The van der Waals surface area contributed by atoms with E-state index in [0.717, 1.165) is 10.4 Å². The van der Waals surface area contributed by atoms with Gasteiger partial charge in [0, 0.05) is 18.3 Å². The minimum absolute atomic E-state index is 0.0319. The fourth-order valence-electron chi connectivity index (χ4n) is 1.94. The average molecular weight is 332 g/mol. The van der Waals surface area contributed by atoms with Crippen LogP contribution in [0.25, 0.3) is 10.4 Å². The fourth-order valence-corrected chi connectivity index (χ4v) is 3.04. The SMILES string of the molecule is CC(=O)Nc1sc(-c2ccccc2)cc1C(=O)NCCC(=O)O. The molecule has 2 aromatic rings. The lowest BCUT2D eigenvalue weighted by Crippen LogP contribution is -2.26. The fraction of sp³-hybridized carbons (Fsp3) is 0.188. The van der Waals surface area contributed by atoms with Crippen LogP contribution in [0.3, 0.4) is 0 Å². The molecule has 0 unspecified atom stereocenters. The molecule has 0 saturated carbocycles. The normalized spacial score (nSPS) is 10.1. The Hall–Kier alpha value is -2.67. The zero-order chi connectivity index (χ0) is 16.8. The zero-order valence-corrected chi connectivity index (χ0v) is 13.3. The molecule has 0 bridgehead atoms. The number of thiophene rings is 1. The second kappa shape index (κ2) is 7.55. The molecule has 1 heterocycles. The molecular formula is C16H16N2O4S. The van der Waals surface area contributed by atoms with E-state index in [9.17, 15) is 14.4 Å². The number of amides is 2. The maximum Gasteiger partial charge on any atom is 0.305 e. The molecule has 2 rings (SSSR count). The number of hydrogen-bond acceptors (Lipinski definition) is 4. The molecule has 0 radical (unpaired) electrons. The molecule has 1 aromatic heterocycles. The summed E-state index contributed by atoms with van der Waals surface area (Å²) in [4.78, 5) is 34.9. The van der Waals surface area contributed by atoms with Gasteiger partial charge in [0.15, 0.2) is 0 Å². The van der Waals surface area contributed by atoms with Gasteiger partial charge in [0.1, 0.15) is 5.00 Å². The summed E-state index contributed by atoms with van der Waals surface area (Å²) in [6.07, 6.45) is -0.156. The molecule has 0 spiro atoms. The summed E-state index contributed by atoms with van der Waals surface area (Å²) in [7, 11) is 0. The van der Waals surface area contributed by atoms with E-state index < -0.39 is 11.9 Å². The summed E-state index contributed by atoms with van der Waals surface area (Å²) in [5.41, 5.74) is 1.27. The number of nitrogens with one attached hydrogen (secondary N) is 2. The van der Waals surface area contributed by atoms with Crippen LogP contribution in [0.4, 0.5) is 5.00 Å². The second-order valence-electron chi connectivity index (χ2n) is 4.80. The van der Waals surface area contributed by atoms with Gasteiger partial charge in [-0.1, -0.05) is 30.3 Å². The van der Waals surface area contributed by atoms with Crippen LogP contribution in [0.5, 0.6) is 0 Å². The number of carbonyl (C=O) groups excluding carboxylic acids is 2. The summed E-state index contributed by atoms with van der Waals surface area (Å²) in [5, 5.41) is 14.3. The molecular weight excluding hydrogens is 316 g/mol. The van der Waals surface area contributed by atoms with E-state index in [1.54, 1.807) is 6.07 Å². The molecule has 1 aromatic carbocycles. The number of anilines is 1. The third kappa shape index (κ3) is 4.65. The van der Waals surface area contributed by atoms with Gasteiger partial charge in [0.2, 0.25) is 5.91 Å². The Morgan fingerprint density at radius 1 is 1.17 bits per heavy atom. The Labute approximate surface area is 137 Å². The monoisotopic (exact) mass is 332 g/mol. The van der Waals surface area contributed by atoms with Gasteiger partial charge in [-0.2, -0.15) is 0 Å². The van der Waals surface area contributed by atoms with Crippen molar-refractivity contribution in [1.29, 1.82) is 0 Å². The van der Waals surface area contributed by atoms with Gasteiger partial charge < -0.3 is 15.7 Å². The standard InChI is InChI=1S/C16H16N2O4S/c1-10(19)18-16-12(15(22)17-8-7-14(20)21)9-13(23-16)11-5-3-2-4-6-11/h2-6,9H,7-8H2,1H3,(H,17,22)(H,18,19)(H,20,21). The number of carbonyl (C=O) groups is 3. The Bertz CT molecular complexity index is 725. The summed E-state index contributed by atoms with van der Waals surface area (Å²) in [6, 6.07) is 11.2. The van der Waals surface area contributed by atoms with Crippen molar-refractivity contribution in [3.8, 4) is 10.4 Å². The van der Waals surface area contributed by atoms with Crippen molar-refractivity contribution in [3.63, 3.8) is 0 Å². The maximum atomic E-state index is 12.2. The zero-order valence-electron chi connectivity index (χ0n) is 12.5. The highest BCUT2D eigenvalue weighted by molar-refractivity contribution is 7.20. The van der Waals surface area contributed by atoms with E-state index in [4.69, 9.17) is 5.11 Å². The Kier molecular flexibility index (Phi) is 5.48. The van der Waals surface area contributed by atoms with E-state index in [-0.39, 0.29) is 18.9 Å². The predicted octanol–water partition coefficient (Wildman–Crippen LogP) is 2.58. The molecule has 120 valence electrons. The summed E-state index contributed by atoms with van der Waals surface area (Å²) in [6.45, 7) is 1.40. The molecule has 0 aliphatic heterocycles. The summed E-state index contributed by atoms with van der Waals surface area (Å²) < 4.78 is 0. The van der Waals surface area contributed by atoms with Crippen molar-refractivity contribution in [2.75, 3.05) is 11.9 Å². The molecule has 23 heavy (non-hydrogen) atoms. The number of hydrogen-bond donors (Lipinski definition) is 3. The highest BCUT2D eigenvalue weighted by atomic mass is 32.1. The third-order valence-corrected chi connectivity index (χ3v) is 4.05. The van der Waals surface area contributed by atoms with Crippen LogP contribution < -0.4 is 10.6 Å². The molecule has 0 atom stereocenters. The summed E-state index contributed by atoms with van der Waals surface area (Å²) in [5.74, 6) is -1.66. The molecule has 7 heteroatoms. The van der Waals surface area contributed by atoms with Crippen molar-refractivity contribution in [1.82, 2.24) is 5.32 Å². The number of rotatable bonds is 6. The van der Waals surface area contributed by atoms with Crippen LogP contribution in [-0.2, 0) is 9.59 Å². The molecule has 0 aliphatic carbocycles. The van der Waals surface area contributed by atoms with Crippen molar-refractivity contribution in [2.45, 2.75) is 13.3 Å². The highest BCUT2D eigenvalue weighted by Gasteiger charge is 2.17. The minimum atomic E-state index is -0.984. The van der Waals surface area contributed by atoms with Crippen molar-refractivity contribution in [3.05, 3.63) is 42.0 Å². The Morgan fingerprint density at radius 2 is 1.87 bits per heavy atom. The lowest BCUT2D eigenvalue weighted by molar-refractivity contribution is -0.136. The van der Waals surface area contributed by atoms with Gasteiger partial charge in [0.05, 0.1) is 12.0 Å². The molecule has 0 saturated heterocycles. The van der Waals surface area contributed by atoms with Crippen LogP contribution in [-0.4, -0.2) is 29.4 Å². The van der Waals surface area contributed by atoms with Crippen LogP contribution in [0, 0.1) is 0 Å². The van der Waals surface area contributed by atoms with Gasteiger partial charge in [0.25, 0.3) is 5.91 Å². The molecule has 0 aliphatic rings. The molecule has 2 amide bonds.